The van der Waals surface area contributed by atoms with E-state index in [2.05, 4.69) is 10.3 Å². The monoisotopic (exact) mass is 205 g/mol. The van der Waals surface area contributed by atoms with E-state index < -0.39 is 0 Å². The van der Waals surface area contributed by atoms with E-state index in [9.17, 15) is 0 Å². The van der Waals surface area contributed by atoms with Crippen LogP contribution < -0.4 is 19.8 Å². The van der Waals surface area contributed by atoms with Crippen molar-refractivity contribution >= 4 is 11.5 Å². The highest BCUT2D eigenvalue weighted by Crippen LogP contribution is 2.34. The van der Waals surface area contributed by atoms with Crippen LogP contribution in [0, 0.1) is 0 Å². The minimum Gasteiger partial charge on any atom is -0.454 e. The number of rotatable bonds is 1. The van der Waals surface area contributed by atoms with Crippen molar-refractivity contribution in [3.05, 3.63) is 18.2 Å². The van der Waals surface area contributed by atoms with Crippen LogP contribution in [0.25, 0.3) is 0 Å². The lowest BCUT2D eigenvalue weighted by molar-refractivity contribution is -0.447. The fourth-order valence-electron chi connectivity index (χ4n) is 1.85. The molecule has 0 aromatic heterocycles. The van der Waals surface area contributed by atoms with Crippen LogP contribution in [0.4, 0.5) is 5.69 Å². The summed E-state index contributed by atoms with van der Waals surface area (Å²) in [6.45, 7) is 1.39. The van der Waals surface area contributed by atoms with Gasteiger partial charge >= 0.3 is 0 Å². The predicted octanol–water partition coefficient (Wildman–Crippen LogP) is 0.100. The molecule has 0 saturated heterocycles. The van der Waals surface area contributed by atoms with Crippen LogP contribution in [0.5, 0.6) is 11.5 Å². The Morgan fingerprint density at radius 1 is 1.20 bits per heavy atom. The molecule has 0 atom stereocenters. The summed E-state index contributed by atoms with van der Waals surface area (Å²) in [4.78, 5) is 3.31. The Morgan fingerprint density at radius 3 is 3.00 bits per heavy atom. The average Bonchev–Trinajstić information content (AvgIpc) is 2.87. The molecule has 15 heavy (non-hydrogen) atoms. The molecule has 0 fully saturated rings. The first kappa shape index (κ1) is 8.59. The zero-order chi connectivity index (χ0) is 10.1. The molecular weight excluding hydrogens is 192 g/mol. The molecule has 0 aliphatic carbocycles. The molecule has 4 nitrogen and oxygen atoms in total. The number of anilines is 1. The standard InChI is InChI=1S/C11H12N2O2/c1-2-11(12-5-1)13-8-3-4-9-10(6-8)15-7-14-9/h3-4,6H,1-2,5,7H2,(H,12,13)/p+1. The lowest BCUT2D eigenvalue weighted by atomic mass is 10.2. The van der Waals surface area contributed by atoms with Crippen molar-refractivity contribution in [3.63, 3.8) is 0 Å². The largest absolute Gasteiger partial charge is 0.454 e. The third kappa shape index (κ3) is 1.63. The summed E-state index contributed by atoms with van der Waals surface area (Å²) in [6.07, 6.45) is 2.29. The Morgan fingerprint density at radius 2 is 2.13 bits per heavy atom. The first-order valence-corrected chi connectivity index (χ1v) is 5.18. The second-order valence-corrected chi connectivity index (χ2v) is 3.70. The molecule has 2 N–H and O–H groups in total. The highest BCUT2D eigenvalue weighted by Gasteiger charge is 2.17. The van der Waals surface area contributed by atoms with Gasteiger partial charge in [-0.25, -0.2) is 5.32 Å². The van der Waals surface area contributed by atoms with E-state index in [-0.39, 0.29) is 0 Å². The molecule has 2 aliphatic rings. The maximum absolute atomic E-state index is 5.31. The van der Waals surface area contributed by atoms with Crippen molar-refractivity contribution in [2.24, 2.45) is 0 Å². The van der Waals surface area contributed by atoms with Crippen LogP contribution in [0.15, 0.2) is 18.2 Å². The highest BCUT2D eigenvalue weighted by molar-refractivity contribution is 5.91. The van der Waals surface area contributed by atoms with Gasteiger partial charge in [-0.05, 0) is 18.6 Å². The van der Waals surface area contributed by atoms with Crippen LogP contribution in [0.1, 0.15) is 12.8 Å². The molecule has 1 aromatic carbocycles. The zero-order valence-corrected chi connectivity index (χ0v) is 8.38. The van der Waals surface area contributed by atoms with Gasteiger partial charge in [0.2, 0.25) is 12.6 Å². The zero-order valence-electron chi connectivity index (χ0n) is 8.38. The number of benzene rings is 1. The van der Waals surface area contributed by atoms with E-state index in [1.54, 1.807) is 0 Å². The Balaban J connectivity index is 1.80. The van der Waals surface area contributed by atoms with Gasteiger partial charge in [-0.1, -0.05) is 0 Å². The van der Waals surface area contributed by atoms with Gasteiger partial charge in [0.25, 0.3) is 0 Å². The molecule has 0 saturated carbocycles. The molecule has 2 heterocycles. The van der Waals surface area contributed by atoms with E-state index in [1.165, 1.54) is 12.3 Å². The minimum absolute atomic E-state index is 0.327. The maximum Gasteiger partial charge on any atom is 0.247 e. The molecule has 0 radical (unpaired) electrons. The van der Waals surface area contributed by atoms with Crippen molar-refractivity contribution in [2.45, 2.75) is 12.8 Å². The van der Waals surface area contributed by atoms with E-state index in [4.69, 9.17) is 9.47 Å². The van der Waals surface area contributed by atoms with Crippen LogP contribution in [-0.2, 0) is 0 Å². The summed E-state index contributed by atoms with van der Waals surface area (Å²) in [5.74, 6) is 2.83. The average molecular weight is 205 g/mol. The molecule has 0 unspecified atom stereocenters. The molecule has 3 rings (SSSR count). The van der Waals surface area contributed by atoms with Crippen molar-refractivity contribution in [2.75, 3.05) is 18.7 Å². The van der Waals surface area contributed by atoms with Gasteiger partial charge in [-0.3, -0.25) is 4.99 Å². The maximum atomic E-state index is 5.31. The normalized spacial score (nSPS) is 17.7. The van der Waals surface area contributed by atoms with Crippen LogP contribution in [0.2, 0.25) is 0 Å². The second kappa shape index (κ2) is 3.46. The number of hydrogen-bond donors (Lipinski definition) is 2. The molecule has 2 aliphatic heterocycles. The van der Waals surface area contributed by atoms with Gasteiger partial charge in [-0.15, -0.1) is 0 Å². The number of ether oxygens (including phenoxy) is 2. The van der Waals surface area contributed by atoms with Gasteiger partial charge in [0.15, 0.2) is 11.5 Å². The third-order valence-corrected chi connectivity index (χ3v) is 2.61. The smallest absolute Gasteiger partial charge is 0.247 e. The van der Waals surface area contributed by atoms with Crippen LogP contribution in [-0.4, -0.2) is 19.2 Å². The van der Waals surface area contributed by atoms with E-state index in [0.717, 1.165) is 30.2 Å². The number of nitrogens with one attached hydrogen (secondary N) is 2. The predicted molar refractivity (Wildman–Crippen MR) is 56.3 cm³/mol. The summed E-state index contributed by atoms with van der Waals surface area (Å²) in [5, 5.41) is 3.34. The minimum atomic E-state index is 0.327. The quantitative estimate of drug-likeness (QED) is 0.683. The number of fused-ring (bicyclic) bond motifs is 1. The van der Waals surface area contributed by atoms with E-state index >= 15 is 0 Å². The Bertz CT molecular complexity index is 415. The Labute approximate surface area is 87.9 Å². The second-order valence-electron chi connectivity index (χ2n) is 3.70. The lowest BCUT2D eigenvalue weighted by Gasteiger charge is -2.00. The first-order chi connectivity index (χ1) is 7.42. The summed E-state index contributed by atoms with van der Waals surface area (Å²) in [6, 6.07) is 5.90. The SMILES string of the molecule is c1cc2c(cc1NC1=[NH+]CCC1)OCO2. The van der Waals surface area contributed by atoms with Crippen molar-refractivity contribution < 1.29 is 14.5 Å². The fraction of sp³-hybridized carbons (Fsp3) is 0.364. The van der Waals surface area contributed by atoms with Crippen LogP contribution >= 0.6 is 0 Å². The van der Waals surface area contributed by atoms with Gasteiger partial charge in [0.05, 0.1) is 13.0 Å². The topological polar surface area (TPSA) is 44.5 Å². The molecule has 78 valence electrons. The van der Waals surface area contributed by atoms with Crippen molar-refractivity contribution in [1.29, 1.82) is 0 Å². The number of amidine groups is 1. The third-order valence-electron chi connectivity index (χ3n) is 2.61. The molecule has 0 spiro atoms. The van der Waals surface area contributed by atoms with E-state index in [0.29, 0.717) is 6.79 Å². The van der Waals surface area contributed by atoms with Gasteiger partial charge in [-0.2, -0.15) is 0 Å². The molecule has 0 amide bonds. The molecule has 0 bridgehead atoms. The Hall–Kier alpha value is -1.71. The van der Waals surface area contributed by atoms with Gasteiger partial charge in [0, 0.05) is 6.07 Å². The van der Waals surface area contributed by atoms with Crippen LogP contribution in [0.3, 0.4) is 0 Å². The fourth-order valence-corrected chi connectivity index (χ4v) is 1.85. The molecular formula is C11H13N2O2+. The van der Waals surface area contributed by atoms with E-state index in [1.807, 2.05) is 18.2 Å². The lowest BCUT2D eigenvalue weighted by Crippen LogP contribution is -2.70. The van der Waals surface area contributed by atoms with Crippen molar-refractivity contribution in [3.8, 4) is 11.5 Å². The van der Waals surface area contributed by atoms with Gasteiger partial charge in [0.1, 0.15) is 5.69 Å². The van der Waals surface area contributed by atoms with Gasteiger partial charge < -0.3 is 9.47 Å². The molecule has 1 aromatic rings. The summed E-state index contributed by atoms with van der Waals surface area (Å²) in [7, 11) is 0. The summed E-state index contributed by atoms with van der Waals surface area (Å²) in [5.41, 5.74) is 1.05. The summed E-state index contributed by atoms with van der Waals surface area (Å²) < 4.78 is 10.6. The van der Waals surface area contributed by atoms with Crippen molar-refractivity contribution in [1.82, 2.24) is 0 Å². The number of hydrogen-bond acceptors (Lipinski definition) is 3. The Kier molecular flexibility index (Phi) is 1.98. The first-order valence-electron chi connectivity index (χ1n) is 5.18. The summed E-state index contributed by atoms with van der Waals surface area (Å²) >= 11 is 0. The highest BCUT2D eigenvalue weighted by atomic mass is 16.7. The molecule has 4 heteroatoms.